The minimum atomic E-state index is 0.440. The van der Waals surface area contributed by atoms with Gasteiger partial charge in [-0.3, -0.25) is 0 Å². The molecular weight excluding hydrogens is 190 g/mol. The predicted molar refractivity (Wildman–Crippen MR) is 52.7 cm³/mol. The molecule has 1 atom stereocenters. The van der Waals surface area contributed by atoms with Crippen LogP contribution in [0.4, 0.5) is 0 Å². The van der Waals surface area contributed by atoms with E-state index in [-0.39, 0.29) is 0 Å². The Morgan fingerprint density at radius 3 is 3.00 bits per heavy atom. The van der Waals surface area contributed by atoms with Gasteiger partial charge in [-0.1, -0.05) is 0 Å². The van der Waals surface area contributed by atoms with E-state index < -0.39 is 0 Å². The normalized spacial score (nSPS) is 24.2. The number of nitrogens with one attached hydrogen (secondary N) is 1. The first-order chi connectivity index (χ1) is 5.86. The first-order valence-corrected chi connectivity index (χ1v) is 5.94. The number of thioether (sulfide) groups is 1. The molecule has 1 aromatic heterocycles. The molecule has 5 heteroatoms. The zero-order chi connectivity index (χ0) is 8.39. The largest absolute Gasteiger partial charge is 0.306 e. The number of aromatic nitrogens is 2. The molecule has 1 N–H and O–H groups in total. The van der Waals surface area contributed by atoms with E-state index in [1.54, 1.807) is 11.3 Å². The molecule has 0 aliphatic carbocycles. The van der Waals surface area contributed by atoms with Crippen molar-refractivity contribution in [3.8, 4) is 0 Å². The van der Waals surface area contributed by atoms with Crippen molar-refractivity contribution in [3.63, 3.8) is 0 Å². The van der Waals surface area contributed by atoms with Gasteiger partial charge in [0.25, 0.3) is 0 Å². The van der Waals surface area contributed by atoms with Crippen LogP contribution in [0.25, 0.3) is 0 Å². The van der Waals surface area contributed by atoms with Crippen LogP contribution in [-0.2, 0) is 0 Å². The highest BCUT2D eigenvalue weighted by atomic mass is 32.2. The minimum absolute atomic E-state index is 0.440. The molecule has 3 nitrogen and oxygen atoms in total. The second kappa shape index (κ2) is 3.72. The predicted octanol–water partition coefficient (Wildman–Crippen LogP) is 1.22. The molecule has 1 unspecified atom stereocenters. The van der Waals surface area contributed by atoms with E-state index in [2.05, 4.69) is 15.5 Å². The lowest BCUT2D eigenvalue weighted by Gasteiger charge is -2.20. The van der Waals surface area contributed by atoms with Crippen molar-refractivity contribution < 1.29 is 0 Å². The van der Waals surface area contributed by atoms with Crippen molar-refractivity contribution >= 4 is 23.1 Å². The van der Waals surface area contributed by atoms with Gasteiger partial charge < -0.3 is 5.32 Å². The van der Waals surface area contributed by atoms with E-state index >= 15 is 0 Å². The molecule has 0 amide bonds. The third kappa shape index (κ3) is 1.78. The summed E-state index contributed by atoms with van der Waals surface area (Å²) in [6, 6.07) is 0.440. The van der Waals surface area contributed by atoms with Gasteiger partial charge in [0, 0.05) is 18.1 Å². The SMILES string of the molecule is Cc1nnc(C2CSCCN2)s1. The van der Waals surface area contributed by atoms with Crippen LogP contribution in [0.2, 0.25) is 0 Å². The molecule has 66 valence electrons. The maximum atomic E-state index is 4.13. The van der Waals surface area contributed by atoms with E-state index in [9.17, 15) is 0 Å². The Labute approximate surface area is 80.0 Å². The topological polar surface area (TPSA) is 37.8 Å². The highest BCUT2D eigenvalue weighted by molar-refractivity contribution is 7.99. The second-order valence-electron chi connectivity index (χ2n) is 2.74. The molecule has 0 spiro atoms. The number of hydrogen-bond donors (Lipinski definition) is 1. The first kappa shape index (κ1) is 8.47. The fourth-order valence-corrected chi connectivity index (χ4v) is 3.00. The van der Waals surface area contributed by atoms with Crippen molar-refractivity contribution in [2.75, 3.05) is 18.1 Å². The summed E-state index contributed by atoms with van der Waals surface area (Å²) in [5.41, 5.74) is 0. The average molecular weight is 201 g/mol. The smallest absolute Gasteiger partial charge is 0.135 e. The fraction of sp³-hybridized carbons (Fsp3) is 0.714. The van der Waals surface area contributed by atoms with E-state index in [0.29, 0.717) is 6.04 Å². The lowest BCUT2D eigenvalue weighted by atomic mass is 10.3. The zero-order valence-corrected chi connectivity index (χ0v) is 8.54. The third-order valence-corrected chi connectivity index (χ3v) is 3.78. The summed E-state index contributed by atoms with van der Waals surface area (Å²) in [5.74, 6) is 2.35. The number of hydrogen-bond acceptors (Lipinski definition) is 5. The van der Waals surface area contributed by atoms with Gasteiger partial charge >= 0.3 is 0 Å². The van der Waals surface area contributed by atoms with Crippen molar-refractivity contribution in [2.45, 2.75) is 13.0 Å². The molecule has 1 fully saturated rings. The minimum Gasteiger partial charge on any atom is -0.306 e. The molecule has 1 aromatic rings. The molecule has 0 bridgehead atoms. The van der Waals surface area contributed by atoms with Crippen molar-refractivity contribution in [3.05, 3.63) is 10.0 Å². The van der Waals surface area contributed by atoms with E-state index in [1.165, 1.54) is 5.75 Å². The molecule has 12 heavy (non-hydrogen) atoms. The standard InChI is InChI=1S/C7H11N3S2/c1-5-9-10-7(12-5)6-4-11-3-2-8-6/h6,8H,2-4H2,1H3. The van der Waals surface area contributed by atoms with Crippen LogP contribution in [0.15, 0.2) is 0 Å². The summed E-state index contributed by atoms with van der Waals surface area (Å²) in [6.07, 6.45) is 0. The molecule has 2 rings (SSSR count). The van der Waals surface area contributed by atoms with Crippen LogP contribution in [0.3, 0.4) is 0 Å². The summed E-state index contributed by atoms with van der Waals surface area (Å²) < 4.78 is 0. The van der Waals surface area contributed by atoms with Gasteiger partial charge in [0.1, 0.15) is 10.0 Å². The van der Waals surface area contributed by atoms with Crippen molar-refractivity contribution in [2.24, 2.45) is 0 Å². The molecule has 1 saturated heterocycles. The van der Waals surface area contributed by atoms with Gasteiger partial charge in [-0.2, -0.15) is 11.8 Å². The van der Waals surface area contributed by atoms with Crippen LogP contribution in [0.1, 0.15) is 16.1 Å². The fourth-order valence-electron chi connectivity index (χ4n) is 1.18. The number of aryl methyl sites for hydroxylation is 1. The maximum absolute atomic E-state index is 4.13. The van der Waals surface area contributed by atoms with Gasteiger partial charge in [-0.15, -0.1) is 21.5 Å². The van der Waals surface area contributed by atoms with Gasteiger partial charge in [-0.25, -0.2) is 0 Å². The molecule has 0 aromatic carbocycles. The molecule has 0 radical (unpaired) electrons. The van der Waals surface area contributed by atoms with E-state index in [1.807, 2.05) is 18.7 Å². The summed E-state index contributed by atoms with van der Waals surface area (Å²) in [7, 11) is 0. The van der Waals surface area contributed by atoms with Crippen LogP contribution < -0.4 is 5.32 Å². The summed E-state index contributed by atoms with van der Waals surface area (Å²) in [4.78, 5) is 0. The van der Waals surface area contributed by atoms with Gasteiger partial charge in [-0.05, 0) is 6.92 Å². The maximum Gasteiger partial charge on any atom is 0.135 e. The highest BCUT2D eigenvalue weighted by Gasteiger charge is 2.18. The summed E-state index contributed by atoms with van der Waals surface area (Å²) >= 11 is 3.68. The third-order valence-electron chi connectivity index (χ3n) is 1.76. The Morgan fingerprint density at radius 2 is 2.42 bits per heavy atom. The van der Waals surface area contributed by atoms with Gasteiger partial charge in [0.05, 0.1) is 6.04 Å². The molecule has 0 saturated carbocycles. The Hall–Kier alpha value is -0.130. The highest BCUT2D eigenvalue weighted by Crippen LogP contribution is 2.23. The molecule has 2 heterocycles. The number of rotatable bonds is 1. The zero-order valence-electron chi connectivity index (χ0n) is 6.91. The monoisotopic (exact) mass is 201 g/mol. The van der Waals surface area contributed by atoms with Crippen molar-refractivity contribution in [1.29, 1.82) is 0 Å². The lowest BCUT2D eigenvalue weighted by molar-refractivity contribution is 0.587. The second-order valence-corrected chi connectivity index (χ2v) is 5.10. The van der Waals surface area contributed by atoms with E-state index in [0.717, 1.165) is 22.3 Å². The Bertz CT molecular complexity index is 255. The molecule has 1 aliphatic heterocycles. The lowest BCUT2D eigenvalue weighted by Crippen LogP contribution is -2.30. The van der Waals surface area contributed by atoms with Crippen LogP contribution in [0.5, 0.6) is 0 Å². The average Bonchev–Trinajstić information content (AvgIpc) is 2.54. The van der Waals surface area contributed by atoms with Crippen molar-refractivity contribution in [1.82, 2.24) is 15.5 Å². The van der Waals surface area contributed by atoms with Gasteiger partial charge in [0.2, 0.25) is 0 Å². The Balaban J connectivity index is 2.08. The van der Waals surface area contributed by atoms with Crippen LogP contribution in [-0.4, -0.2) is 28.2 Å². The summed E-state index contributed by atoms with van der Waals surface area (Å²) in [5, 5.41) is 13.8. The Kier molecular flexibility index (Phi) is 2.63. The molecule has 1 aliphatic rings. The molecular formula is C7H11N3S2. The summed E-state index contributed by atoms with van der Waals surface area (Å²) in [6.45, 7) is 3.09. The Morgan fingerprint density at radius 1 is 1.50 bits per heavy atom. The van der Waals surface area contributed by atoms with Crippen LogP contribution in [0, 0.1) is 6.92 Å². The van der Waals surface area contributed by atoms with Crippen LogP contribution >= 0.6 is 23.1 Å². The first-order valence-electron chi connectivity index (χ1n) is 3.97. The van der Waals surface area contributed by atoms with Gasteiger partial charge in [0.15, 0.2) is 0 Å². The quantitative estimate of drug-likeness (QED) is 0.741. The van der Waals surface area contributed by atoms with E-state index in [4.69, 9.17) is 0 Å². The number of nitrogens with zero attached hydrogens (tertiary/aromatic N) is 2.